The summed E-state index contributed by atoms with van der Waals surface area (Å²) in [5, 5.41) is 16.3. The van der Waals surface area contributed by atoms with Crippen LogP contribution in [0.3, 0.4) is 0 Å². The summed E-state index contributed by atoms with van der Waals surface area (Å²) in [6.45, 7) is 0.946. The minimum atomic E-state index is -2.70. The molecule has 2 N–H and O–H groups in total. The fourth-order valence-electron chi connectivity index (χ4n) is 2.13. The van der Waals surface area contributed by atoms with Crippen LogP contribution in [0.25, 0.3) is 0 Å². The van der Waals surface area contributed by atoms with E-state index in [1.165, 1.54) is 5.56 Å². The van der Waals surface area contributed by atoms with Crippen molar-refractivity contribution in [2.45, 2.75) is 6.54 Å². The maximum absolute atomic E-state index is 12.7. The van der Waals surface area contributed by atoms with E-state index in [4.69, 9.17) is 10.0 Å². The fourth-order valence-corrected chi connectivity index (χ4v) is 2.13. The molecule has 0 fully saturated rings. The van der Waals surface area contributed by atoms with Crippen LogP contribution < -0.4 is 9.22 Å². The second-order valence-corrected chi connectivity index (χ2v) is 5.38. The number of halogens is 5. The number of rotatable bonds is 4. The van der Waals surface area contributed by atoms with Crippen LogP contribution in [-0.2, 0) is 6.54 Å². The van der Waals surface area contributed by atoms with Crippen molar-refractivity contribution in [1.29, 1.82) is 0 Å². The molecule has 0 spiro atoms. The highest BCUT2D eigenvalue weighted by atomic mass is 19.2. The predicted molar refractivity (Wildman–Crippen MR) is 89.2 cm³/mol. The SMILES string of the molecule is OB(O)Oc1c(F)c(F)c(F)c(F)c1F.c1ccc(C[n+]2ccccc2)cc1. The Morgan fingerprint density at radius 1 is 0.714 bits per heavy atom. The number of benzene rings is 2. The Morgan fingerprint density at radius 3 is 1.68 bits per heavy atom. The van der Waals surface area contributed by atoms with Crippen LogP contribution in [0.1, 0.15) is 5.56 Å². The first kappa shape index (κ1) is 21.3. The standard InChI is InChI=1S/C12H12N.C6H2BF5O3/c1-3-7-12(8-4-1)11-13-9-5-2-6-10-13;8-1-2(9)4(11)6(15-7(13)14)5(12)3(1)10/h1-10H,11H2;13-14H/q+1;. The predicted octanol–water partition coefficient (Wildman–Crippen LogP) is 2.75. The second kappa shape index (κ2) is 9.81. The second-order valence-electron chi connectivity index (χ2n) is 5.38. The van der Waals surface area contributed by atoms with E-state index < -0.39 is 42.2 Å². The lowest BCUT2D eigenvalue weighted by Crippen LogP contribution is -2.32. The third-order valence-corrected chi connectivity index (χ3v) is 3.38. The molecule has 0 aliphatic rings. The van der Waals surface area contributed by atoms with Crippen molar-refractivity contribution in [3.63, 3.8) is 0 Å². The molecule has 0 atom stereocenters. The van der Waals surface area contributed by atoms with E-state index in [1.807, 2.05) is 24.3 Å². The molecule has 0 bridgehead atoms. The molecule has 4 nitrogen and oxygen atoms in total. The van der Waals surface area contributed by atoms with Crippen molar-refractivity contribution >= 4 is 7.32 Å². The molecule has 2 aromatic carbocycles. The summed E-state index contributed by atoms with van der Waals surface area (Å²) in [6, 6.07) is 16.6. The van der Waals surface area contributed by atoms with Crippen LogP contribution in [0, 0.1) is 29.1 Å². The molecule has 0 saturated heterocycles. The first-order chi connectivity index (χ1) is 13.3. The topological polar surface area (TPSA) is 53.6 Å². The van der Waals surface area contributed by atoms with E-state index in [0.717, 1.165) is 6.54 Å². The van der Waals surface area contributed by atoms with Gasteiger partial charge in [-0.25, -0.2) is 17.7 Å². The zero-order valence-electron chi connectivity index (χ0n) is 14.2. The molecule has 3 rings (SSSR count). The van der Waals surface area contributed by atoms with Crippen molar-refractivity contribution in [1.82, 2.24) is 0 Å². The Labute approximate surface area is 157 Å². The van der Waals surface area contributed by atoms with Crippen LogP contribution in [0.2, 0.25) is 0 Å². The van der Waals surface area contributed by atoms with E-state index in [9.17, 15) is 22.0 Å². The van der Waals surface area contributed by atoms with E-state index in [1.54, 1.807) is 0 Å². The number of nitrogens with zero attached hydrogens (tertiary/aromatic N) is 1. The normalized spacial score (nSPS) is 10.1. The fraction of sp³-hybridized carbons (Fsp3) is 0.0556. The number of hydrogen-bond acceptors (Lipinski definition) is 3. The van der Waals surface area contributed by atoms with E-state index in [-0.39, 0.29) is 0 Å². The molecule has 0 amide bonds. The summed E-state index contributed by atoms with van der Waals surface area (Å²) in [5.41, 5.74) is 1.33. The average molecular weight is 398 g/mol. The van der Waals surface area contributed by atoms with E-state index >= 15 is 0 Å². The molecule has 0 saturated carbocycles. The van der Waals surface area contributed by atoms with Crippen molar-refractivity contribution in [2.24, 2.45) is 0 Å². The molecule has 28 heavy (non-hydrogen) atoms. The molecule has 10 heteroatoms. The van der Waals surface area contributed by atoms with Crippen molar-refractivity contribution in [3.8, 4) is 5.75 Å². The van der Waals surface area contributed by atoms with Gasteiger partial charge in [0.1, 0.15) is 0 Å². The monoisotopic (exact) mass is 398 g/mol. The molecular formula is C18H14BF5NO3+. The lowest BCUT2D eigenvalue weighted by Gasteiger charge is -2.08. The summed E-state index contributed by atoms with van der Waals surface area (Å²) in [5.74, 6) is -13.1. The first-order valence-electron chi connectivity index (χ1n) is 7.83. The molecular weight excluding hydrogens is 384 g/mol. The summed E-state index contributed by atoms with van der Waals surface area (Å²) < 4.78 is 68.5. The third kappa shape index (κ3) is 5.51. The number of aromatic nitrogens is 1. The number of pyridine rings is 1. The molecule has 0 radical (unpaired) electrons. The maximum Gasteiger partial charge on any atom is 0.707 e. The van der Waals surface area contributed by atoms with Gasteiger partial charge in [0, 0.05) is 17.7 Å². The average Bonchev–Trinajstić information content (AvgIpc) is 2.70. The number of hydrogen-bond donors (Lipinski definition) is 2. The lowest BCUT2D eigenvalue weighted by molar-refractivity contribution is -0.688. The largest absolute Gasteiger partial charge is 0.707 e. The lowest BCUT2D eigenvalue weighted by atomic mass is 10.2. The van der Waals surface area contributed by atoms with E-state index in [0.29, 0.717) is 0 Å². The zero-order chi connectivity index (χ0) is 20.7. The van der Waals surface area contributed by atoms with E-state index in [2.05, 4.69) is 45.9 Å². The molecule has 3 aromatic rings. The Kier molecular flexibility index (Phi) is 7.48. The Bertz CT molecular complexity index is 848. The highest BCUT2D eigenvalue weighted by molar-refractivity contribution is 6.33. The van der Waals surface area contributed by atoms with Gasteiger partial charge < -0.3 is 14.7 Å². The first-order valence-corrected chi connectivity index (χ1v) is 7.83. The smallest absolute Gasteiger partial charge is 0.507 e. The molecule has 0 unspecified atom stereocenters. The Balaban J connectivity index is 0.000000202. The maximum atomic E-state index is 12.7. The van der Waals surface area contributed by atoms with Crippen molar-refractivity contribution in [2.75, 3.05) is 0 Å². The van der Waals surface area contributed by atoms with Crippen LogP contribution in [-0.4, -0.2) is 17.4 Å². The Hall–Kier alpha value is -2.98. The van der Waals surface area contributed by atoms with Gasteiger partial charge in [0.15, 0.2) is 24.7 Å². The van der Waals surface area contributed by atoms with Crippen LogP contribution in [0.5, 0.6) is 5.75 Å². The van der Waals surface area contributed by atoms with Gasteiger partial charge >= 0.3 is 7.32 Å². The summed E-state index contributed by atoms with van der Waals surface area (Å²) in [6.07, 6.45) is 4.15. The van der Waals surface area contributed by atoms with Gasteiger partial charge in [0.05, 0.1) is 0 Å². The van der Waals surface area contributed by atoms with Gasteiger partial charge in [-0.05, 0) is 0 Å². The molecule has 1 heterocycles. The van der Waals surface area contributed by atoms with Crippen LogP contribution in [0.15, 0.2) is 60.9 Å². The van der Waals surface area contributed by atoms with Gasteiger partial charge in [-0.15, -0.1) is 0 Å². The van der Waals surface area contributed by atoms with Gasteiger partial charge in [0.2, 0.25) is 29.1 Å². The van der Waals surface area contributed by atoms with Gasteiger partial charge in [0.25, 0.3) is 0 Å². The van der Waals surface area contributed by atoms with Gasteiger partial charge in [-0.3, -0.25) is 0 Å². The minimum Gasteiger partial charge on any atom is -0.507 e. The third-order valence-electron chi connectivity index (χ3n) is 3.38. The zero-order valence-corrected chi connectivity index (χ0v) is 14.2. The molecule has 1 aromatic heterocycles. The van der Waals surface area contributed by atoms with Gasteiger partial charge in [-0.1, -0.05) is 36.4 Å². The van der Waals surface area contributed by atoms with Crippen molar-refractivity contribution in [3.05, 3.63) is 95.6 Å². The molecule has 146 valence electrons. The molecule has 0 aliphatic carbocycles. The van der Waals surface area contributed by atoms with Crippen LogP contribution >= 0.6 is 0 Å². The Morgan fingerprint density at radius 2 is 1.18 bits per heavy atom. The summed E-state index contributed by atoms with van der Waals surface area (Å²) >= 11 is 0. The summed E-state index contributed by atoms with van der Waals surface area (Å²) in [4.78, 5) is 0. The van der Waals surface area contributed by atoms with Crippen LogP contribution in [0.4, 0.5) is 22.0 Å². The quantitative estimate of drug-likeness (QED) is 0.234. The van der Waals surface area contributed by atoms with Crippen molar-refractivity contribution < 1.29 is 41.2 Å². The minimum absolute atomic E-state index is 0.946. The highest BCUT2D eigenvalue weighted by Crippen LogP contribution is 2.28. The highest BCUT2D eigenvalue weighted by Gasteiger charge is 2.29. The summed E-state index contributed by atoms with van der Waals surface area (Å²) in [7, 11) is -2.70. The van der Waals surface area contributed by atoms with Gasteiger partial charge in [-0.2, -0.15) is 8.78 Å². The molecule has 0 aliphatic heterocycles.